The SMILES string of the molecule is OCCc1csc(Nc2ncc(Br)cc2Oc2ccccc2)n1. The number of aromatic nitrogens is 2. The molecule has 2 heterocycles. The highest BCUT2D eigenvalue weighted by Gasteiger charge is 2.10. The van der Waals surface area contributed by atoms with Crippen molar-refractivity contribution in [2.75, 3.05) is 11.9 Å². The smallest absolute Gasteiger partial charge is 0.188 e. The lowest BCUT2D eigenvalue weighted by Gasteiger charge is -2.11. The molecule has 3 rings (SSSR count). The summed E-state index contributed by atoms with van der Waals surface area (Å²) in [4.78, 5) is 8.77. The van der Waals surface area contributed by atoms with Crippen LogP contribution in [0.1, 0.15) is 5.69 Å². The van der Waals surface area contributed by atoms with Gasteiger partial charge in [0, 0.05) is 35.1 Å². The maximum absolute atomic E-state index is 8.96. The van der Waals surface area contributed by atoms with E-state index in [2.05, 4.69) is 31.2 Å². The average Bonchev–Trinajstić information content (AvgIpc) is 2.99. The molecule has 3 aromatic rings. The number of hydrogen-bond donors (Lipinski definition) is 2. The van der Waals surface area contributed by atoms with Crippen molar-refractivity contribution in [1.82, 2.24) is 9.97 Å². The third-order valence-electron chi connectivity index (χ3n) is 2.94. The highest BCUT2D eigenvalue weighted by Crippen LogP contribution is 2.33. The van der Waals surface area contributed by atoms with Crippen LogP contribution in [0.25, 0.3) is 0 Å². The Kier molecular flexibility index (Phi) is 5.22. The van der Waals surface area contributed by atoms with Crippen LogP contribution in [-0.4, -0.2) is 21.7 Å². The number of rotatable bonds is 6. The molecule has 1 aromatic carbocycles. The number of aliphatic hydroxyl groups excluding tert-OH is 1. The van der Waals surface area contributed by atoms with Crippen molar-refractivity contribution < 1.29 is 9.84 Å². The second-order valence-corrected chi connectivity index (χ2v) is 6.43. The van der Waals surface area contributed by atoms with Gasteiger partial charge in [-0.05, 0) is 28.1 Å². The second kappa shape index (κ2) is 7.54. The highest BCUT2D eigenvalue weighted by atomic mass is 79.9. The first-order valence-electron chi connectivity index (χ1n) is 6.95. The molecule has 0 aliphatic rings. The van der Waals surface area contributed by atoms with Gasteiger partial charge in [0.1, 0.15) is 5.75 Å². The monoisotopic (exact) mass is 391 g/mol. The van der Waals surface area contributed by atoms with Crippen molar-refractivity contribution in [3.8, 4) is 11.5 Å². The average molecular weight is 392 g/mol. The Morgan fingerprint density at radius 3 is 2.87 bits per heavy atom. The molecule has 118 valence electrons. The summed E-state index contributed by atoms with van der Waals surface area (Å²) in [6.45, 7) is 0.0854. The van der Waals surface area contributed by atoms with Gasteiger partial charge in [0.25, 0.3) is 0 Å². The fraction of sp³-hybridized carbons (Fsp3) is 0.125. The zero-order valence-electron chi connectivity index (χ0n) is 12.1. The van der Waals surface area contributed by atoms with Crippen LogP contribution in [0.4, 0.5) is 10.9 Å². The molecule has 0 saturated carbocycles. The van der Waals surface area contributed by atoms with E-state index >= 15 is 0 Å². The molecule has 0 unspecified atom stereocenters. The zero-order chi connectivity index (χ0) is 16.1. The number of thiazole rings is 1. The predicted molar refractivity (Wildman–Crippen MR) is 94.6 cm³/mol. The number of anilines is 2. The molecule has 0 radical (unpaired) electrons. The van der Waals surface area contributed by atoms with Crippen LogP contribution < -0.4 is 10.1 Å². The fourth-order valence-electron chi connectivity index (χ4n) is 1.90. The van der Waals surface area contributed by atoms with Gasteiger partial charge < -0.3 is 15.2 Å². The lowest BCUT2D eigenvalue weighted by molar-refractivity contribution is 0.298. The fourth-order valence-corrected chi connectivity index (χ4v) is 2.96. The Hall–Kier alpha value is -1.96. The molecule has 0 spiro atoms. The summed E-state index contributed by atoms with van der Waals surface area (Å²) < 4.78 is 6.73. The molecule has 0 bridgehead atoms. The summed E-state index contributed by atoms with van der Waals surface area (Å²) in [5.41, 5.74) is 0.850. The van der Waals surface area contributed by atoms with E-state index in [9.17, 15) is 0 Å². The maximum atomic E-state index is 8.96. The van der Waals surface area contributed by atoms with Crippen molar-refractivity contribution in [1.29, 1.82) is 0 Å². The first-order chi connectivity index (χ1) is 11.2. The summed E-state index contributed by atoms with van der Waals surface area (Å²) in [5.74, 6) is 1.92. The number of nitrogens with one attached hydrogen (secondary N) is 1. The summed E-state index contributed by atoms with van der Waals surface area (Å²) >= 11 is 4.87. The molecule has 0 aliphatic heterocycles. The summed E-state index contributed by atoms with van der Waals surface area (Å²) in [5, 5.41) is 14.8. The van der Waals surface area contributed by atoms with Crippen LogP contribution in [0, 0.1) is 0 Å². The Labute approximate surface area is 146 Å². The van der Waals surface area contributed by atoms with Crippen molar-refractivity contribution in [3.05, 3.63) is 58.1 Å². The van der Waals surface area contributed by atoms with Gasteiger partial charge in [-0.25, -0.2) is 9.97 Å². The molecule has 23 heavy (non-hydrogen) atoms. The number of aliphatic hydroxyl groups is 1. The van der Waals surface area contributed by atoms with Gasteiger partial charge in [-0.3, -0.25) is 0 Å². The molecular weight excluding hydrogens is 378 g/mol. The number of hydrogen-bond acceptors (Lipinski definition) is 6. The second-order valence-electron chi connectivity index (χ2n) is 4.66. The molecule has 0 amide bonds. The number of nitrogens with zero attached hydrogens (tertiary/aromatic N) is 2. The van der Waals surface area contributed by atoms with Crippen molar-refractivity contribution >= 4 is 38.2 Å². The zero-order valence-corrected chi connectivity index (χ0v) is 14.5. The van der Waals surface area contributed by atoms with Gasteiger partial charge >= 0.3 is 0 Å². The first-order valence-corrected chi connectivity index (χ1v) is 8.62. The minimum Gasteiger partial charge on any atom is -0.453 e. The van der Waals surface area contributed by atoms with Crippen LogP contribution in [-0.2, 0) is 6.42 Å². The van der Waals surface area contributed by atoms with Crippen LogP contribution in [0.5, 0.6) is 11.5 Å². The van der Waals surface area contributed by atoms with Crippen LogP contribution in [0.3, 0.4) is 0 Å². The normalized spacial score (nSPS) is 10.5. The number of pyridine rings is 1. The van der Waals surface area contributed by atoms with Crippen molar-refractivity contribution in [2.45, 2.75) is 6.42 Å². The summed E-state index contributed by atoms with van der Waals surface area (Å²) in [6.07, 6.45) is 2.24. The van der Waals surface area contributed by atoms with E-state index in [1.54, 1.807) is 6.20 Å². The number of halogens is 1. The van der Waals surface area contributed by atoms with E-state index in [-0.39, 0.29) is 6.61 Å². The summed E-state index contributed by atoms with van der Waals surface area (Å²) in [7, 11) is 0. The molecule has 0 atom stereocenters. The van der Waals surface area contributed by atoms with Gasteiger partial charge in [0.2, 0.25) is 0 Å². The lowest BCUT2D eigenvalue weighted by atomic mass is 10.3. The van der Waals surface area contributed by atoms with Crippen LogP contribution in [0.15, 0.2) is 52.4 Å². The van der Waals surface area contributed by atoms with E-state index in [0.29, 0.717) is 23.1 Å². The minimum atomic E-state index is 0.0854. The Morgan fingerprint density at radius 2 is 2.09 bits per heavy atom. The molecular formula is C16H14BrN3O2S. The van der Waals surface area contributed by atoms with Crippen molar-refractivity contribution in [2.24, 2.45) is 0 Å². The number of para-hydroxylation sites is 1. The Balaban J connectivity index is 1.83. The van der Waals surface area contributed by atoms with Gasteiger partial charge in [0.15, 0.2) is 16.7 Å². The van der Waals surface area contributed by atoms with Gasteiger partial charge in [0.05, 0.1) is 5.69 Å². The Morgan fingerprint density at radius 1 is 1.26 bits per heavy atom. The van der Waals surface area contributed by atoms with E-state index in [1.165, 1.54) is 11.3 Å². The van der Waals surface area contributed by atoms with E-state index in [0.717, 1.165) is 15.9 Å². The Bertz CT molecular complexity index is 780. The molecule has 5 nitrogen and oxygen atoms in total. The molecule has 0 aliphatic carbocycles. The highest BCUT2D eigenvalue weighted by molar-refractivity contribution is 9.10. The van der Waals surface area contributed by atoms with Crippen LogP contribution in [0.2, 0.25) is 0 Å². The predicted octanol–water partition coefficient (Wildman–Crippen LogP) is 4.37. The van der Waals surface area contributed by atoms with E-state index in [4.69, 9.17) is 9.84 Å². The lowest BCUT2D eigenvalue weighted by Crippen LogP contribution is -1.98. The maximum Gasteiger partial charge on any atom is 0.188 e. The number of ether oxygens (including phenoxy) is 1. The third kappa shape index (κ3) is 4.28. The van der Waals surface area contributed by atoms with E-state index < -0.39 is 0 Å². The van der Waals surface area contributed by atoms with Gasteiger partial charge in [-0.15, -0.1) is 11.3 Å². The first kappa shape index (κ1) is 15.9. The molecule has 0 saturated heterocycles. The molecule has 2 aromatic heterocycles. The minimum absolute atomic E-state index is 0.0854. The van der Waals surface area contributed by atoms with Crippen molar-refractivity contribution in [3.63, 3.8) is 0 Å². The van der Waals surface area contributed by atoms with Gasteiger partial charge in [-0.2, -0.15) is 0 Å². The largest absolute Gasteiger partial charge is 0.453 e. The summed E-state index contributed by atoms with van der Waals surface area (Å²) in [6, 6.07) is 11.4. The topological polar surface area (TPSA) is 67.3 Å². The molecule has 0 fully saturated rings. The molecule has 2 N–H and O–H groups in total. The number of benzene rings is 1. The molecule has 7 heteroatoms. The van der Waals surface area contributed by atoms with Gasteiger partial charge in [-0.1, -0.05) is 18.2 Å². The standard InChI is InChI=1S/C16H14BrN3O2S/c17-11-8-14(22-13-4-2-1-3-5-13)15(18-9-11)20-16-19-12(6-7-21)10-23-16/h1-5,8-10,21H,6-7H2,(H,18,19,20). The van der Waals surface area contributed by atoms with E-state index in [1.807, 2.05) is 41.8 Å². The quantitative estimate of drug-likeness (QED) is 0.652. The van der Waals surface area contributed by atoms with Crippen LogP contribution >= 0.6 is 27.3 Å². The third-order valence-corrected chi connectivity index (χ3v) is 4.18.